The first kappa shape index (κ1) is 16.3. The molecule has 0 amide bonds. The zero-order valence-electron chi connectivity index (χ0n) is 13.2. The first-order valence-corrected chi connectivity index (χ1v) is 7.84. The minimum absolute atomic E-state index is 0.145. The SMILES string of the molecule is C=CO[C@@H](c1ccccc1)[C@H](OCCCC)c1ccccc1. The Balaban J connectivity index is 2.29. The number of hydrogen-bond acceptors (Lipinski definition) is 2. The molecule has 2 nitrogen and oxygen atoms in total. The molecule has 0 fully saturated rings. The summed E-state index contributed by atoms with van der Waals surface area (Å²) in [7, 11) is 0. The molecule has 0 saturated carbocycles. The van der Waals surface area contributed by atoms with Crippen molar-refractivity contribution in [3.8, 4) is 0 Å². The lowest BCUT2D eigenvalue weighted by Crippen LogP contribution is -2.17. The largest absolute Gasteiger partial charge is 0.491 e. The molecule has 22 heavy (non-hydrogen) atoms. The molecule has 0 radical (unpaired) electrons. The van der Waals surface area contributed by atoms with Crippen LogP contribution in [-0.4, -0.2) is 6.61 Å². The van der Waals surface area contributed by atoms with Gasteiger partial charge in [-0.25, -0.2) is 0 Å². The Morgan fingerprint density at radius 3 is 1.95 bits per heavy atom. The van der Waals surface area contributed by atoms with Crippen LogP contribution in [0.15, 0.2) is 73.5 Å². The predicted molar refractivity (Wildman–Crippen MR) is 90.5 cm³/mol. The number of rotatable bonds is 9. The maximum atomic E-state index is 6.16. The van der Waals surface area contributed by atoms with Crippen molar-refractivity contribution >= 4 is 0 Å². The molecular weight excluding hydrogens is 272 g/mol. The van der Waals surface area contributed by atoms with Gasteiger partial charge in [-0.05, 0) is 17.5 Å². The summed E-state index contributed by atoms with van der Waals surface area (Å²) in [4.78, 5) is 0. The fourth-order valence-electron chi connectivity index (χ4n) is 2.43. The van der Waals surface area contributed by atoms with Crippen molar-refractivity contribution < 1.29 is 9.47 Å². The van der Waals surface area contributed by atoms with Crippen molar-refractivity contribution in [2.24, 2.45) is 0 Å². The van der Waals surface area contributed by atoms with E-state index in [-0.39, 0.29) is 12.2 Å². The number of benzene rings is 2. The first-order valence-electron chi connectivity index (χ1n) is 7.84. The van der Waals surface area contributed by atoms with Crippen molar-refractivity contribution in [2.45, 2.75) is 32.0 Å². The molecule has 0 spiro atoms. The molecule has 2 heteroatoms. The Morgan fingerprint density at radius 2 is 1.45 bits per heavy atom. The lowest BCUT2D eigenvalue weighted by atomic mass is 9.98. The van der Waals surface area contributed by atoms with Crippen LogP contribution in [0.2, 0.25) is 0 Å². The fraction of sp³-hybridized carbons (Fsp3) is 0.300. The van der Waals surface area contributed by atoms with Gasteiger partial charge in [-0.1, -0.05) is 80.6 Å². The molecule has 2 aromatic rings. The average Bonchev–Trinajstić information content (AvgIpc) is 2.59. The van der Waals surface area contributed by atoms with Crippen LogP contribution < -0.4 is 0 Å². The molecule has 116 valence electrons. The average molecular weight is 296 g/mol. The minimum atomic E-state index is -0.196. The molecule has 0 bridgehead atoms. The third-order valence-corrected chi connectivity index (χ3v) is 3.57. The van der Waals surface area contributed by atoms with Gasteiger partial charge in [-0.15, -0.1) is 0 Å². The third kappa shape index (κ3) is 4.47. The molecule has 0 aliphatic carbocycles. The summed E-state index contributed by atoms with van der Waals surface area (Å²) in [5.74, 6) is 0. The van der Waals surface area contributed by atoms with Gasteiger partial charge in [0.1, 0.15) is 6.10 Å². The number of hydrogen-bond donors (Lipinski definition) is 0. The molecule has 2 aromatic carbocycles. The van der Waals surface area contributed by atoms with Crippen LogP contribution in [-0.2, 0) is 9.47 Å². The molecule has 0 aliphatic heterocycles. The van der Waals surface area contributed by atoms with E-state index in [1.54, 1.807) is 0 Å². The van der Waals surface area contributed by atoms with Gasteiger partial charge < -0.3 is 9.47 Å². The van der Waals surface area contributed by atoms with Crippen molar-refractivity contribution in [2.75, 3.05) is 6.61 Å². The summed E-state index contributed by atoms with van der Waals surface area (Å²) < 4.78 is 12.0. The van der Waals surface area contributed by atoms with Crippen molar-refractivity contribution in [1.29, 1.82) is 0 Å². The summed E-state index contributed by atoms with van der Waals surface area (Å²) in [5.41, 5.74) is 2.21. The van der Waals surface area contributed by atoms with E-state index >= 15 is 0 Å². The maximum Gasteiger partial charge on any atom is 0.153 e. The molecule has 2 rings (SSSR count). The lowest BCUT2D eigenvalue weighted by molar-refractivity contribution is -0.0478. The Bertz CT molecular complexity index is 536. The second-order valence-electron chi connectivity index (χ2n) is 5.19. The van der Waals surface area contributed by atoms with Crippen LogP contribution >= 0.6 is 0 Å². The topological polar surface area (TPSA) is 18.5 Å². The highest BCUT2D eigenvalue weighted by molar-refractivity contribution is 5.25. The van der Waals surface area contributed by atoms with Crippen LogP contribution in [0.4, 0.5) is 0 Å². The second kappa shape index (κ2) is 9.06. The van der Waals surface area contributed by atoms with Gasteiger partial charge in [-0.3, -0.25) is 0 Å². The van der Waals surface area contributed by atoms with Crippen LogP contribution in [0, 0.1) is 0 Å². The summed E-state index contributed by atoms with van der Waals surface area (Å²) >= 11 is 0. The van der Waals surface area contributed by atoms with E-state index in [1.807, 2.05) is 36.4 Å². The monoisotopic (exact) mass is 296 g/mol. The van der Waals surface area contributed by atoms with Gasteiger partial charge in [0.05, 0.1) is 6.26 Å². The van der Waals surface area contributed by atoms with Gasteiger partial charge >= 0.3 is 0 Å². The molecule has 2 atom stereocenters. The van der Waals surface area contributed by atoms with Crippen LogP contribution in [0.3, 0.4) is 0 Å². The Kier molecular flexibility index (Phi) is 6.72. The fourth-order valence-corrected chi connectivity index (χ4v) is 2.43. The first-order chi connectivity index (χ1) is 10.9. The quantitative estimate of drug-likeness (QED) is 0.453. The molecule has 0 saturated heterocycles. The highest BCUT2D eigenvalue weighted by atomic mass is 16.5. The van der Waals surface area contributed by atoms with Crippen molar-refractivity contribution in [3.63, 3.8) is 0 Å². The third-order valence-electron chi connectivity index (χ3n) is 3.57. The lowest BCUT2D eigenvalue weighted by Gasteiger charge is -2.27. The van der Waals surface area contributed by atoms with Crippen molar-refractivity contribution in [3.05, 3.63) is 84.6 Å². The zero-order chi connectivity index (χ0) is 15.6. The maximum absolute atomic E-state index is 6.16. The van der Waals surface area contributed by atoms with E-state index in [0.29, 0.717) is 0 Å². The van der Waals surface area contributed by atoms with Gasteiger partial charge in [-0.2, -0.15) is 0 Å². The van der Waals surface area contributed by atoms with Crippen LogP contribution in [0.5, 0.6) is 0 Å². The van der Waals surface area contributed by atoms with Crippen LogP contribution in [0.1, 0.15) is 43.1 Å². The molecule has 0 heterocycles. The van der Waals surface area contributed by atoms with Crippen LogP contribution in [0.25, 0.3) is 0 Å². The van der Waals surface area contributed by atoms with E-state index in [0.717, 1.165) is 30.6 Å². The smallest absolute Gasteiger partial charge is 0.153 e. The van der Waals surface area contributed by atoms with Gasteiger partial charge in [0, 0.05) is 6.61 Å². The predicted octanol–water partition coefficient (Wildman–Crippen LogP) is 5.45. The zero-order valence-corrected chi connectivity index (χ0v) is 13.2. The van der Waals surface area contributed by atoms with E-state index in [1.165, 1.54) is 6.26 Å². The van der Waals surface area contributed by atoms with E-state index in [9.17, 15) is 0 Å². The van der Waals surface area contributed by atoms with Gasteiger partial charge in [0.25, 0.3) is 0 Å². The Labute approximate surface area is 133 Å². The van der Waals surface area contributed by atoms with E-state index in [2.05, 4.69) is 37.8 Å². The van der Waals surface area contributed by atoms with Crippen molar-refractivity contribution in [1.82, 2.24) is 0 Å². The second-order valence-corrected chi connectivity index (χ2v) is 5.19. The molecule has 0 aliphatic rings. The molecule has 0 aromatic heterocycles. The summed E-state index contributed by atoms with van der Waals surface area (Å²) in [6.07, 6.45) is 3.31. The standard InChI is InChI=1S/C20H24O2/c1-3-5-16-22-20(18-14-10-7-11-15-18)19(21-4-2)17-12-8-6-9-13-17/h4,6-15,19-20H,2-3,5,16H2,1H3/t19-,20+/m0/s1. The van der Waals surface area contributed by atoms with Gasteiger partial charge in [0.15, 0.2) is 6.10 Å². The van der Waals surface area contributed by atoms with E-state index in [4.69, 9.17) is 9.47 Å². The number of ether oxygens (including phenoxy) is 2. The van der Waals surface area contributed by atoms with Gasteiger partial charge in [0.2, 0.25) is 0 Å². The number of unbranched alkanes of at least 4 members (excludes halogenated alkanes) is 1. The Morgan fingerprint density at radius 1 is 0.909 bits per heavy atom. The molecular formula is C20H24O2. The summed E-state index contributed by atoms with van der Waals surface area (Å²) in [6.45, 7) is 6.61. The normalized spacial score (nSPS) is 13.3. The van der Waals surface area contributed by atoms with E-state index < -0.39 is 0 Å². The highest BCUT2D eigenvalue weighted by Gasteiger charge is 2.26. The molecule has 0 N–H and O–H groups in total. The molecule has 0 unspecified atom stereocenters. The highest BCUT2D eigenvalue weighted by Crippen LogP contribution is 2.35. The summed E-state index contributed by atoms with van der Waals surface area (Å²) in [5, 5.41) is 0. The minimum Gasteiger partial charge on any atom is -0.491 e. The summed E-state index contributed by atoms with van der Waals surface area (Å²) in [6, 6.07) is 20.4. The Hall–Kier alpha value is -2.06.